The molecule has 1 aliphatic carbocycles. The molecule has 2 nitrogen and oxygen atoms in total. The molecule has 24 heavy (non-hydrogen) atoms. The van der Waals surface area contributed by atoms with Gasteiger partial charge in [0, 0.05) is 0 Å². The van der Waals surface area contributed by atoms with Gasteiger partial charge >= 0.3 is 5.97 Å². The van der Waals surface area contributed by atoms with E-state index >= 15 is 0 Å². The summed E-state index contributed by atoms with van der Waals surface area (Å²) in [6.07, 6.45) is 8.92. The number of carbonyl (C=O) groups excluding carboxylic acids is 1. The average Bonchev–Trinajstić information content (AvgIpc) is 3.07. The van der Waals surface area contributed by atoms with Crippen LogP contribution in [0.1, 0.15) is 40.2 Å². The van der Waals surface area contributed by atoms with E-state index in [2.05, 4.69) is 25.8 Å². The summed E-state index contributed by atoms with van der Waals surface area (Å²) in [6, 6.07) is 9.93. The van der Waals surface area contributed by atoms with E-state index in [1.165, 1.54) is 5.57 Å². The van der Waals surface area contributed by atoms with Gasteiger partial charge in [-0.05, 0) is 49.3 Å². The van der Waals surface area contributed by atoms with Crippen LogP contribution in [0.4, 0.5) is 0 Å². The molecule has 2 heteroatoms. The maximum atomic E-state index is 12.5. The summed E-state index contributed by atoms with van der Waals surface area (Å²) < 4.78 is 5.58. The quantitative estimate of drug-likeness (QED) is 0.439. The molecule has 0 spiro atoms. The van der Waals surface area contributed by atoms with E-state index in [0.717, 1.165) is 11.1 Å². The molecule has 0 aliphatic heterocycles. The summed E-state index contributed by atoms with van der Waals surface area (Å²) in [7, 11) is 0. The highest BCUT2D eigenvalue weighted by Gasteiger charge is 2.61. The number of rotatable bonds is 5. The van der Waals surface area contributed by atoms with Crippen molar-refractivity contribution in [1.29, 1.82) is 0 Å². The molecule has 1 aromatic rings. The van der Waals surface area contributed by atoms with Crippen molar-refractivity contribution in [1.82, 2.24) is 0 Å². The summed E-state index contributed by atoms with van der Waals surface area (Å²) in [5.41, 5.74) is 3.23. The molecule has 0 saturated heterocycles. The first-order valence-electron chi connectivity index (χ1n) is 8.33. The number of ether oxygens (including phenoxy) is 1. The Morgan fingerprint density at radius 1 is 1.25 bits per heavy atom. The lowest BCUT2D eigenvalue weighted by Crippen LogP contribution is -2.18. The van der Waals surface area contributed by atoms with Gasteiger partial charge in [0.2, 0.25) is 0 Å². The molecule has 0 bridgehead atoms. The molecule has 1 saturated carbocycles. The topological polar surface area (TPSA) is 26.3 Å². The summed E-state index contributed by atoms with van der Waals surface area (Å²) in [5, 5.41) is 0. The minimum atomic E-state index is -0.638. The van der Waals surface area contributed by atoms with Crippen LogP contribution in [-0.2, 0) is 9.53 Å². The van der Waals surface area contributed by atoms with Crippen molar-refractivity contribution in [3.8, 4) is 12.3 Å². The second kappa shape index (κ2) is 7.09. The Kier molecular flexibility index (Phi) is 5.34. The largest absolute Gasteiger partial charge is 0.445 e. The summed E-state index contributed by atoms with van der Waals surface area (Å²) in [6.45, 7) is 10.3. The predicted octanol–water partition coefficient (Wildman–Crippen LogP) is 4.87. The van der Waals surface area contributed by atoms with Gasteiger partial charge in [-0.1, -0.05) is 61.7 Å². The number of benzene rings is 1. The van der Waals surface area contributed by atoms with E-state index < -0.39 is 6.10 Å². The lowest BCUT2D eigenvalue weighted by Gasteiger charge is -2.11. The first kappa shape index (κ1) is 18.1. The molecule has 1 aromatic carbocycles. The smallest absolute Gasteiger partial charge is 0.311 e. The summed E-state index contributed by atoms with van der Waals surface area (Å²) in [4.78, 5) is 12.5. The number of hydrogen-bond donors (Lipinski definition) is 0. The Hall–Kier alpha value is -2.27. The van der Waals surface area contributed by atoms with Crippen LogP contribution < -0.4 is 0 Å². The lowest BCUT2D eigenvalue weighted by molar-refractivity contribution is -0.147. The molecule has 3 unspecified atom stereocenters. The van der Waals surface area contributed by atoms with Crippen LogP contribution in [0.3, 0.4) is 0 Å². The Morgan fingerprint density at radius 2 is 1.88 bits per heavy atom. The highest BCUT2D eigenvalue weighted by atomic mass is 16.5. The zero-order chi connectivity index (χ0) is 17.9. The number of esters is 1. The van der Waals surface area contributed by atoms with Crippen LogP contribution in [0.2, 0.25) is 0 Å². The van der Waals surface area contributed by atoms with Crippen molar-refractivity contribution >= 4 is 11.5 Å². The monoisotopic (exact) mass is 322 g/mol. The van der Waals surface area contributed by atoms with Gasteiger partial charge in [0.15, 0.2) is 6.10 Å². The Labute approximate surface area is 145 Å². The van der Waals surface area contributed by atoms with Crippen molar-refractivity contribution < 1.29 is 9.53 Å². The first-order valence-corrected chi connectivity index (χ1v) is 8.33. The third-order valence-electron chi connectivity index (χ3n) is 4.72. The molecule has 3 atom stereocenters. The van der Waals surface area contributed by atoms with E-state index in [1.54, 1.807) is 0 Å². The standard InChI is InChI=1S/C22H26O2/c1-7-18(14-16(4)17-11-9-8-10-12-17)24-21(23)20-19(13-15(2)3)22(20,5)6/h1,8-14,18-20H,2-6H3. The van der Waals surface area contributed by atoms with Gasteiger partial charge in [-0.15, -0.1) is 6.42 Å². The maximum absolute atomic E-state index is 12.5. The van der Waals surface area contributed by atoms with Gasteiger partial charge < -0.3 is 4.74 Å². The Balaban J connectivity index is 2.08. The highest BCUT2D eigenvalue weighted by molar-refractivity contribution is 5.79. The lowest BCUT2D eigenvalue weighted by atomic mass is 10.1. The zero-order valence-corrected chi connectivity index (χ0v) is 15.2. The van der Waals surface area contributed by atoms with Crippen molar-refractivity contribution in [3.05, 3.63) is 53.6 Å². The van der Waals surface area contributed by atoms with Crippen LogP contribution in [0, 0.1) is 29.6 Å². The van der Waals surface area contributed by atoms with E-state index in [4.69, 9.17) is 11.2 Å². The van der Waals surface area contributed by atoms with Crippen LogP contribution in [0.5, 0.6) is 0 Å². The Bertz CT molecular complexity index is 697. The minimum Gasteiger partial charge on any atom is -0.445 e. The number of hydrogen-bond acceptors (Lipinski definition) is 2. The molecule has 1 aliphatic rings. The molecular weight excluding hydrogens is 296 g/mol. The summed E-state index contributed by atoms with van der Waals surface area (Å²) >= 11 is 0. The average molecular weight is 322 g/mol. The maximum Gasteiger partial charge on any atom is 0.311 e. The second-order valence-corrected chi connectivity index (χ2v) is 7.31. The van der Waals surface area contributed by atoms with Crippen molar-refractivity contribution in [2.45, 2.75) is 40.7 Å². The van der Waals surface area contributed by atoms with Crippen LogP contribution in [0.25, 0.3) is 5.57 Å². The number of carbonyl (C=O) groups is 1. The van der Waals surface area contributed by atoms with Gasteiger partial charge in [0.05, 0.1) is 5.92 Å². The van der Waals surface area contributed by atoms with E-state index in [1.807, 2.05) is 57.2 Å². The summed E-state index contributed by atoms with van der Waals surface area (Å²) in [5.74, 6) is 2.47. The van der Waals surface area contributed by atoms with Gasteiger partial charge in [0.1, 0.15) is 0 Å². The molecule has 0 radical (unpaired) electrons. The zero-order valence-electron chi connectivity index (χ0n) is 15.2. The second-order valence-electron chi connectivity index (χ2n) is 7.31. The predicted molar refractivity (Wildman–Crippen MR) is 99.0 cm³/mol. The van der Waals surface area contributed by atoms with Gasteiger partial charge in [0.25, 0.3) is 0 Å². The van der Waals surface area contributed by atoms with E-state index in [-0.39, 0.29) is 23.2 Å². The van der Waals surface area contributed by atoms with E-state index in [9.17, 15) is 4.79 Å². The fraction of sp³-hybridized carbons (Fsp3) is 0.409. The third-order valence-corrected chi connectivity index (χ3v) is 4.72. The van der Waals surface area contributed by atoms with Gasteiger partial charge in [-0.3, -0.25) is 4.79 Å². The fourth-order valence-corrected chi connectivity index (χ4v) is 3.14. The van der Waals surface area contributed by atoms with Crippen molar-refractivity contribution in [2.75, 3.05) is 0 Å². The number of terminal acetylenes is 1. The molecule has 2 rings (SSSR count). The van der Waals surface area contributed by atoms with Gasteiger partial charge in [-0.25, -0.2) is 0 Å². The van der Waals surface area contributed by atoms with Crippen molar-refractivity contribution in [3.63, 3.8) is 0 Å². The molecular formula is C22H26O2. The molecule has 0 N–H and O–H groups in total. The molecule has 0 aromatic heterocycles. The normalized spacial score (nSPS) is 22.9. The van der Waals surface area contributed by atoms with Crippen LogP contribution in [-0.4, -0.2) is 12.1 Å². The molecule has 0 heterocycles. The fourth-order valence-electron chi connectivity index (χ4n) is 3.14. The van der Waals surface area contributed by atoms with Gasteiger partial charge in [-0.2, -0.15) is 0 Å². The third kappa shape index (κ3) is 3.97. The SMILES string of the molecule is C#CC(C=C(C)c1ccccc1)OC(=O)C1C(C=C(C)C)C1(C)C. The Morgan fingerprint density at radius 3 is 2.42 bits per heavy atom. The van der Waals surface area contributed by atoms with Crippen LogP contribution >= 0.6 is 0 Å². The first-order chi connectivity index (χ1) is 11.3. The van der Waals surface area contributed by atoms with Crippen molar-refractivity contribution in [2.24, 2.45) is 17.3 Å². The number of allylic oxidation sites excluding steroid dienone is 3. The molecule has 0 amide bonds. The highest BCUT2D eigenvalue weighted by Crippen LogP contribution is 2.59. The minimum absolute atomic E-state index is 0.0638. The molecule has 1 fully saturated rings. The van der Waals surface area contributed by atoms with Crippen LogP contribution in [0.15, 0.2) is 48.1 Å². The molecule has 126 valence electrons. The van der Waals surface area contributed by atoms with E-state index in [0.29, 0.717) is 0 Å².